The smallest absolute Gasteiger partial charge is 0.309 e. The summed E-state index contributed by atoms with van der Waals surface area (Å²) in [4.78, 5) is 12.4. The monoisotopic (exact) mass is 349 g/mol. The highest BCUT2D eigenvalue weighted by atomic mass is 19.1. The topological polar surface area (TPSA) is 50.1 Å². The molecule has 0 N–H and O–H groups in total. The van der Waals surface area contributed by atoms with Crippen LogP contribution in [0.2, 0.25) is 0 Å². The van der Waals surface area contributed by atoms with E-state index >= 15 is 0 Å². The summed E-state index contributed by atoms with van der Waals surface area (Å²) in [6.07, 6.45) is 14.2. The first-order chi connectivity index (χ1) is 12.1. The highest BCUT2D eigenvalue weighted by Crippen LogP contribution is 2.34. The summed E-state index contributed by atoms with van der Waals surface area (Å²) in [7, 11) is 0. The second-order valence-electron chi connectivity index (χ2n) is 7.81. The van der Waals surface area contributed by atoms with Crippen LogP contribution in [-0.2, 0) is 9.53 Å². The van der Waals surface area contributed by atoms with Crippen LogP contribution in [0.3, 0.4) is 0 Å². The molecule has 2 saturated carbocycles. The molecule has 2 fully saturated rings. The zero-order chi connectivity index (χ0) is 18.1. The number of rotatable bonds is 7. The van der Waals surface area contributed by atoms with Crippen LogP contribution in [0.1, 0.15) is 84.0 Å². The fraction of sp³-hybridized carbons (Fsp3) is 0.810. The Kier molecular flexibility index (Phi) is 8.44. The Balaban J connectivity index is 1.66. The van der Waals surface area contributed by atoms with Crippen LogP contribution in [0.25, 0.3) is 0 Å². The van der Waals surface area contributed by atoms with Crippen molar-refractivity contribution in [2.75, 3.05) is 0 Å². The van der Waals surface area contributed by atoms with Crippen molar-refractivity contribution in [1.29, 1.82) is 5.26 Å². The molecule has 140 valence electrons. The van der Waals surface area contributed by atoms with Gasteiger partial charge in [0.1, 0.15) is 12.2 Å². The number of nitriles is 1. The Hall–Kier alpha value is -1.37. The van der Waals surface area contributed by atoms with Crippen molar-refractivity contribution in [3.8, 4) is 6.07 Å². The maximum atomic E-state index is 13.0. The maximum absolute atomic E-state index is 13.0. The van der Waals surface area contributed by atoms with Crippen molar-refractivity contribution in [2.45, 2.75) is 90.1 Å². The average Bonchev–Trinajstić information content (AvgIpc) is 2.64. The molecule has 0 heterocycles. The van der Waals surface area contributed by atoms with Gasteiger partial charge < -0.3 is 4.74 Å². The van der Waals surface area contributed by atoms with E-state index in [0.717, 1.165) is 44.4 Å². The van der Waals surface area contributed by atoms with E-state index in [9.17, 15) is 9.18 Å². The van der Waals surface area contributed by atoms with E-state index in [1.807, 2.05) is 0 Å². The molecule has 0 aromatic rings. The molecule has 0 aromatic carbocycles. The lowest BCUT2D eigenvalue weighted by Crippen LogP contribution is -2.30. The van der Waals surface area contributed by atoms with E-state index in [1.54, 1.807) is 0 Å². The number of esters is 1. The van der Waals surface area contributed by atoms with Gasteiger partial charge >= 0.3 is 5.97 Å². The van der Waals surface area contributed by atoms with Crippen LogP contribution in [0.5, 0.6) is 0 Å². The zero-order valence-corrected chi connectivity index (χ0v) is 15.5. The lowest BCUT2D eigenvalue weighted by Gasteiger charge is -2.31. The number of unbranched alkanes of at least 4 members (excludes halogenated alkanes) is 2. The van der Waals surface area contributed by atoms with Gasteiger partial charge in [-0.2, -0.15) is 9.65 Å². The first kappa shape index (κ1) is 19.9. The number of hydrogen-bond donors (Lipinski definition) is 0. The van der Waals surface area contributed by atoms with Crippen LogP contribution in [-0.4, -0.2) is 12.1 Å². The minimum Gasteiger partial charge on any atom is -0.462 e. The van der Waals surface area contributed by atoms with E-state index in [1.165, 1.54) is 50.7 Å². The Morgan fingerprint density at radius 1 is 1.12 bits per heavy atom. The first-order valence-corrected chi connectivity index (χ1v) is 10.1. The Morgan fingerprint density at radius 2 is 1.80 bits per heavy atom. The lowest BCUT2D eigenvalue weighted by atomic mass is 9.81. The highest BCUT2D eigenvalue weighted by Gasteiger charge is 2.30. The largest absolute Gasteiger partial charge is 0.462 e. The number of carbonyl (C=O) groups is 1. The van der Waals surface area contributed by atoms with Gasteiger partial charge in [0, 0.05) is 0 Å². The molecule has 0 amide bonds. The van der Waals surface area contributed by atoms with Crippen molar-refractivity contribution >= 4 is 5.97 Å². The minimum absolute atomic E-state index is 0.0444. The summed E-state index contributed by atoms with van der Waals surface area (Å²) in [5.74, 6) is 0.0948. The van der Waals surface area contributed by atoms with Gasteiger partial charge in [0.05, 0.1) is 5.92 Å². The molecule has 2 rings (SSSR count). The van der Waals surface area contributed by atoms with Crippen molar-refractivity contribution in [2.24, 2.45) is 17.8 Å². The molecular weight excluding hydrogens is 317 g/mol. The molecule has 0 saturated heterocycles. The molecule has 25 heavy (non-hydrogen) atoms. The molecule has 0 radical (unpaired) electrons. The number of allylic oxidation sites excluding steroid dienone is 2. The SMILES string of the molecule is CCCCC[C@H]1CC[C@H](OC(=O)[C@H]2CC[C@H](C=C(F)C#N)CC2)CC1. The summed E-state index contributed by atoms with van der Waals surface area (Å²) < 4.78 is 18.8. The van der Waals surface area contributed by atoms with Crippen LogP contribution in [0, 0.1) is 29.1 Å². The van der Waals surface area contributed by atoms with Gasteiger partial charge in [0.2, 0.25) is 0 Å². The van der Waals surface area contributed by atoms with Crippen molar-refractivity contribution < 1.29 is 13.9 Å². The van der Waals surface area contributed by atoms with Crippen molar-refractivity contribution in [1.82, 2.24) is 0 Å². The number of carbonyl (C=O) groups excluding carboxylic acids is 1. The van der Waals surface area contributed by atoms with Crippen LogP contribution >= 0.6 is 0 Å². The molecule has 4 heteroatoms. The summed E-state index contributed by atoms with van der Waals surface area (Å²) in [6.45, 7) is 2.24. The fourth-order valence-corrected chi connectivity index (χ4v) is 4.25. The van der Waals surface area contributed by atoms with E-state index in [2.05, 4.69) is 6.92 Å². The molecule has 3 nitrogen and oxygen atoms in total. The second kappa shape index (κ2) is 10.6. The van der Waals surface area contributed by atoms with Crippen molar-refractivity contribution in [3.05, 3.63) is 11.9 Å². The molecule has 0 atom stereocenters. The van der Waals surface area contributed by atoms with Gasteiger partial charge in [-0.3, -0.25) is 4.79 Å². The molecule has 2 aliphatic rings. The number of nitrogens with zero attached hydrogens (tertiary/aromatic N) is 1. The van der Waals surface area contributed by atoms with Crippen LogP contribution in [0.4, 0.5) is 4.39 Å². The molecule has 0 aliphatic heterocycles. The predicted octanol–water partition coefficient (Wildman–Crippen LogP) is 5.85. The van der Waals surface area contributed by atoms with Gasteiger partial charge in [-0.1, -0.05) is 32.6 Å². The summed E-state index contributed by atoms with van der Waals surface area (Å²) >= 11 is 0. The van der Waals surface area contributed by atoms with E-state index in [4.69, 9.17) is 10.00 Å². The number of ether oxygens (including phenoxy) is 1. The van der Waals surface area contributed by atoms with Crippen LogP contribution < -0.4 is 0 Å². The Labute approximate surface area is 151 Å². The van der Waals surface area contributed by atoms with Crippen molar-refractivity contribution in [3.63, 3.8) is 0 Å². The number of halogens is 1. The van der Waals surface area contributed by atoms with E-state index < -0.39 is 5.83 Å². The third-order valence-corrected chi connectivity index (χ3v) is 5.89. The third kappa shape index (κ3) is 6.80. The molecule has 0 bridgehead atoms. The van der Waals surface area contributed by atoms with Gasteiger partial charge in [-0.15, -0.1) is 0 Å². The highest BCUT2D eigenvalue weighted by molar-refractivity contribution is 5.72. The summed E-state index contributed by atoms with van der Waals surface area (Å²) in [6, 6.07) is 1.52. The van der Waals surface area contributed by atoms with E-state index in [0.29, 0.717) is 0 Å². The molecule has 0 spiro atoms. The summed E-state index contributed by atoms with van der Waals surface area (Å²) in [5.41, 5.74) is 0. The molecule has 0 unspecified atom stereocenters. The quantitative estimate of drug-likeness (QED) is 0.329. The fourth-order valence-electron chi connectivity index (χ4n) is 4.25. The third-order valence-electron chi connectivity index (χ3n) is 5.89. The number of hydrogen-bond acceptors (Lipinski definition) is 3. The average molecular weight is 349 g/mol. The predicted molar refractivity (Wildman–Crippen MR) is 96.2 cm³/mol. The standard InChI is InChI=1S/C21H32FNO2/c1-2-3-4-5-16-8-12-20(13-9-16)25-21(24)18-10-6-17(7-11-18)14-19(22)15-23/h14,16-18,20H,2-13H2,1H3/t16-,17-,18-,20-. The lowest BCUT2D eigenvalue weighted by molar-refractivity contribution is -0.157. The zero-order valence-electron chi connectivity index (χ0n) is 15.5. The van der Waals surface area contributed by atoms with Gasteiger partial charge in [-0.25, -0.2) is 0 Å². The Morgan fingerprint density at radius 3 is 2.40 bits per heavy atom. The van der Waals surface area contributed by atoms with Crippen LogP contribution in [0.15, 0.2) is 11.9 Å². The minimum atomic E-state index is -0.707. The summed E-state index contributed by atoms with van der Waals surface area (Å²) in [5, 5.41) is 8.50. The Bertz CT molecular complexity index is 481. The maximum Gasteiger partial charge on any atom is 0.309 e. The van der Waals surface area contributed by atoms with Gasteiger partial charge in [-0.05, 0) is 69.3 Å². The molecular formula is C21H32FNO2. The van der Waals surface area contributed by atoms with Gasteiger partial charge in [0.15, 0.2) is 5.83 Å². The van der Waals surface area contributed by atoms with E-state index in [-0.39, 0.29) is 23.9 Å². The normalized spacial score (nSPS) is 30.5. The second-order valence-corrected chi connectivity index (χ2v) is 7.81. The first-order valence-electron chi connectivity index (χ1n) is 10.1. The van der Waals surface area contributed by atoms with Gasteiger partial charge in [0.25, 0.3) is 0 Å². The molecule has 2 aliphatic carbocycles. The molecule has 0 aromatic heterocycles.